The molecule has 5 rings (SSSR count). The van der Waals surface area contributed by atoms with E-state index in [4.69, 9.17) is 4.74 Å². The number of aromatic nitrogens is 1. The fourth-order valence-corrected chi connectivity index (χ4v) is 4.46. The molecule has 0 bridgehead atoms. The van der Waals surface area contributed by atoms with Crippen molar-refractivity contribution in [3.05, 3.63) is 70.8 Å². The first-order valence-corrected chi connectivity index (χ1v) is 9.49. The number of benzene rings is 3. The Kier molecular flexibility index (Phi) is 3.70. The number of aryl methyl sites for hydroxylation is 2. The molecule has 1 heterocycles. The third-order valence-corrected chi connectivity index (χ3v) is 5.58. The number of nitrogens with one attached hydrogen (secondary N) is 1. The van der Waals surface area contributed by atoms with E-state index >= 15 is 0 Å². The second kappa shape index (κ2) is 6.24. The molecule has 0 saturated carbocycles. The van der Waals surface area contributed by atoms with E-state index in [1.807, 2.05) is 42.5 Å². The van der Waals surface area contributed by atoms with Crippen molar-refractivity contribution in [1.29, 1.82) is 5.26 Å². The van der Waals surface area contributed by atoms with Crippen LogP contribution in [0.25, 0.3) is 32.9 Å². The zero-order valence-electron chi connectivity index (χ0n) is 15.5. The fourth-order valence-electron chi connectivity index (χ4n) is 4.46. The summed E-state index contributed by atoms with van der Waals surface area (Å²) in [5.74, 6) is -0.431. The van der Waals surface area contributed by atoms with Gasteiger partial charge in [-0.2, -0.15) is 5.26 Å². The molecule has 1 aliphatic rings. The van der Waals surface area contributed by atoms with Crippen LogP contribution in [0.5, 0.6) is 0 Å². The van der Waals surface area contributed by atoms with Crippen molar-refractivity contribution in [2.45, 2.75) is 19.8 Å². The van der Waals surface area contributed by atoms with Crippen LogP contribution in [-0.2, 0) is 17.6 Å². The molecule has 1 aliphatic carbocycles. The van der Waals surface area contributed by atoms with E-state index in [2.05, 4.69) is 17.1 Å². The molecule has 0 spiro atoms. The van der Waals surface area contributed by atoms with Crippen LogP contribution in [0.15, 0.2) is 48.5 Å². The average molecular weight is 366 g/mol. The Labute approximate surface area is 162 Å². The lowest BCUT2D eigenvalue weighted by atomic mass is 9.80. The molecule has 0 fully saturated rings. The summed E-state index contributed by atoms with van der Waals surface area (Å²) >= 11 is 0. The lowest BCUT2D eigenvalue weighted by Gasteiger charge is -2.24. The van der Waals surface area contributed by atoms with Crippen molar-refractivity contribution in [2.24, 2.45) is 0 Å². The number of fused-ring (bicyclic) bond motifs is 7. The van der Waals surface area contributed by atoms with Crippen LogP contribution in [0, 0.1) is 11.3 Å². The number of nitrogens with zero attached hydrogens (tertiary/aromatic N) is 1. The molecule has 0 atom stereocenters. The molecule has 3 aromatic carbocycles. The van der Waals surface area contributed by atoms with Gasteiger partial charge < -0.3 is 9.72 Å². The first-order valence-electron chi connectivity index (χ1n) is 9.49. The van der Waals surface area contributed by atoms with Crippen LogP contribution in [-0.4, -0.2) is 17.6 Å². The Morgan fingerprint density at radius 3 is 2.75 bits per heavy atom. The van der Waals surface area contributed by atoms with E-state index in [0.717, 1.165) is 51.3 Å². The van der Waals surface area contributed by atoms with Gasteiger partial charge in [0.1, 0.15) is 6.07 Å². The summed E-state index contributed by atoms with van der Waals surface area (Å²) in [6.45, 7) is 2.06. The average Bonchev–Trinajstić information content (AvgIpc) is 3.12. The number of ether oxygens (including phenoxy) is 1. The standard InChI is InChI=1S/C24H18N2O2/c1-2-28-24(27)22-18(13-25)21-16-9-5-6-10-19(16)26-23(21)17-12-11-14-7-3-4-8-15(14)20(17)22/h3-10,26H,2,11-12H2,1H3. The van der Waals surface area contributed by atoms with Gasteiger partial charge in [-0.3, -0.25) is 0 Å². The summed E-state index contributed by atoms with van der Waals surface area (Å²) in [7, 11) is 0. The molecular weight excluding hydrogens is 348 g/mol. The minimum atomic E-state index is -0.431. The largest absolute Gasteiger partial charge is 0.462 e. The zero-order chi connectivity index (χ0) is 19.3. The molecule has 28 heavy (non-hydrogen) atoms. The first-order chi connectivity index (χ1) is 13.7. The van der Waals surface area contributed by atoms with Gasteiger partial charge in [-0.25, -0.2) is 4.79 Å². The number of H-pyrrole nitrogens is 1. The van der Waals surface area contributed by atoms with E-state index in [9.17, 15) is 10.1 Å². The molecule has 136 valence electrons. The van der Waals surface area contributed by atoms with Crippen molar-refractivity contribution >= 4 is 27.8 Å². The molecule has 4 aromatic rings. The molecule has 0 unspecified atom stereocenters. The molecule has 0 aliphatic heterocycles. The highest BCUT2D eigenvalue weighted by molar-refractivity contribution is 6.18. The van der Waals surface area contributed by atoms with Crippen LogP contribution in [0.3, 0.4) is 0 Å². The molecule has 4 nitrogen and oxygen atoms in total. The Balaban J connectivity index is 2.02. The number of nitriles is 1. The molecular formula is C24H18N2O2. The predicted molar refractivity (Wildman–Crippen MR) is 109 cm³/mol. The second-order valence-corrected chi connectivity index (χ2v) is 7.01. The van der Waals surface area contributed by atoms with Crippen molar-refractivity contribution in [1.82, 2.24) is 4.98 Å². The molecule has 1 aromatic heterocycles. The zero-order valence-corrected chi connectivity index (χ0v) is 15.5. The Morgan fingerprint density at radius 2 is 1.93 bits per heavy atom. The molecule has 0 radical (unpaired) electrons. The summed E-state index contributed by atoms with van der Waals surface area (Å²) in [5.41, 5.74) is 6.85. The number of carbonyl (C=O) groups is 1. The summed E-state index contributed by atoms with van der Waals surface area (Å²) in [6, 6.07) is 18.4. The molecule has 0 saturated heterocycles. The molecule has 0 amide bonds. The summed E-state index contributed by atoms with van der Waals surface area (Å²) in [6.07, 6.45) is 1.72. The van der Waals surface area contributed by atoms with E-state index in [1.165, 1.54) is 5.56 Å². The topological polar surface area (TPSA) is 65.9 Å². The normalized spacial score (nSPS) is 12.4. The van der Waals surface area contributed by atoms with Gasteiger partial charge in [0.15, 0.2) is 0 Å². The van der Waals surface area contributed by atoms with Gasteiger partial charge in [0.25, 0.3) is 0 Å². The van der Waals surface area contributed by atoms with Gasteiger partial charge in [-0.05, 0) is 42.5 Å². The van der Waals surface area contributed by atoms with Crippen LogP contribution >= 0.6 is 0 Å². The van der Waals surface area contributed by atoms with Gasteiger partial charge in [-0.1, -0.05) is 42.5 Å². The van der Waals surface area contributed by atoms with Crippen molar-refractivity contribution in [2.75, 3.05) is 6.61 Å². The smallest absolute Gasteiger partial charge is 0.340 e. The quantitative estimate of drug-likeness (QED) is 0.500. The van der Waals surface area contributed by atoms with Gasteiger partial charge in [-0.15, -0.1) is 0 Å². The number of hydrogen-bond acceptors (Lipinski definition) is 3. The number of esters is 1. The predicted octanol–water partition coefficient (Wildman–Crippen LogP) is 5.14. The molecule has 1 N–H and O–H groups in total. The van der Waals surface area contributed by atoms with Crippen molar-refractivity contribution in [3.63, 3.8) is 0 Å². The SMILES string of the molecule is CCOC(=O)c1c2c(c3[nH]c4ccccc4c3c1C#N)CCc1ccccc1-2. The maximum absolute atomic E-state index is 13.0. The van der Waals surface area contributed by atoms with Crippen LogP contribution in [0.1, 0.15) is 34.0 Å². The first kappa shape index (κ1) is 16.6. The maximum atomic E-state index is 13.0. The van der Waals surface area contributed by atoms with Gasteiger partial charge in [0, 0.05) is 21.9 Å². The van der Waals surface area contributed by atoms with Gasteiger partial charge in [0.05, 0.1) is 23.3 Å². The Hall–Kier alpha value is -3.58. The van der Waals surface area contributed by atoms with E-state index < -0.39 is 5.97 Å². The minimum Gasteiger partial charge on any atom is -0.462 e. The maximum Gasteiger partial charge on any atom is 0.340 e. The third kappa shape index (κ3) is 2.20. The number of rotatable bonds is 2. The minimum absolute atomic E-state index is 0.270. The van der Waals surface area contributed by atoms with E-state index in [-0.39, 0.29) is 6.61 Å². The highest BCUT2D eigenvalue weighted by Crippen LogP contribution is 2.44. The number of hydrogen-bond donors (Lipinski definition) is 1. The van der Waals surface area contributed by atoms with Crippen LogP contribution in [0.4, 0.5) is 0 Å². The van der Waals surface area contributed by atoms with Crippen LogP contribution in [0.2, 0.25) is 0 Å². The monoisotopic (exact) mass is 366 g/mol. The van der Waals surface area contributed by atoms with E-state index in [0.29, 0.717) is 11.1 Å². The van der Waals surface area contributed by atoms with Gasteiger partial charge >= 0.3 is 5.97 Å². The van der Waals surface area contributed by atoms with Crippen molar-refractivity contribution in [3.8, 4) is 17.2 Å². The summed E-state index contributed by atoms with van der Waals surface area (Å²) in [5, 5.41) is 11.9. The lowest BCUT2D eigenvalue weighted by Crippen LogP contribution is -2.15. The molecule has 4 heteroatoms. The van der Waals surface area contributed by atoms with Crippen molar-refractivity contribution < 1.29 is 9.53 Å². The number of aromatic amines is 1. The Bertz CT molecular complexity index is 1310. The summed E-state index contributed by atoms with van der Waals surface area (Å²) < 4.78 is 5.39. The number of carbonyl (C=O) groups excluding carboxylic acids is 1. The fraction of sp³-hybridized carbons (Fsp3) is 0.167. The highest BCUT2D eigenvalue weighted by atomic mass is 16.5. The highest BCUT2D eigenvalue weighted by Gasteiger charge is 2.30. The lowest BCUT2D eigenvalue weighted by molar-refractivity contribution is 0.0527. The second-order valence-electron chi connectivity index (χ2n) is 7.01. The van der Waals surface area contributed by atoms with E-state index in [1.54, 1.807) is 6.92 Å². The summed E-state index contributed by atoms with van der Waals surface area (Å²) in [4.78, 5) is 16.5. The van der Waals surface area contributed by atoms with Crippen LogP contribution < -0.4 is 0 Å². The third-order valence-electron chi connectivity index (χ3n) is 5.58. The number of para-hydroxylation sites is 1. The Morgan fingerprint density at radius 1 is 1.14 bits per heavy atom. The van der Waals surface area contributed by atoms with Gasteiger partial charge in [0.2, 0.25) is 0 Å².